The van der Waals surface area contributed by atoms with Crippen molar-refractivity contribution in [2.45, 2.75) is 6.42 Å². The Morgan fingerprint density at radius 3 is 2.92 bits per heavy atom. The molecule has 0 fully saturated rings. The van der Waals surface area contributed by atoms with Crippen LogP contribution in [0.3, 0.4) is 0 Å². The third-order valence-corrected chi connectivity index (χ3v) is 1.67. The number of halogens is 1. The average molecular weight is 187 g/mol. The lowest BCUT2D eigenvalue weighted by Crippen LogP contribution is -2.06. The number of allylic oxidation sites excluding steroid dienone is 4. The molecule has 0 aromatic heterocycles. The Hall–Kier alpha value is -1.29. The molecule has 1 aliphatic rings. The van der Waals surface area contributed by atoms with E-state index >= 15 is 0 Å². The molecule has 0 heterocycles. The standard InChI is InChI=1S/C7H7ClN2O2/c8-5-2-1-3-7(10(11)12)6(9)4-5/h1-2,4H,3,9H2. The maximum Gasteiger partial charge on any atom is 0.272 e. The lowest BCUT2D eigenvalue weighted by molar-refractivity contribution is -0.427. The Morgan fingerprint density at radius 1 is 1.67 bits per heavy atom. The highest BCUT2D eigenvalue weighted by atomic mass is 35.5. The largest absolute Gasteiger partial charge is 0.393 e. The summed E-state index contributed by atoms with van der Waals surface area (Å²) in [6.07, 6.45) is 4.79. The lowest BCUT2D eigenvalue weighted by Gasteiger charge is -1.94. The average Bonchev–Trinajstić information content (AvgIpc) is 2.10. The van der Waals surface area contributed by atoms with Crippen LogP contribution in [0.2, 0.25) is 0 Å². The van der Waals surface area contributed by atoms with Gasteiger partial charge in [-0.25, -0.2) is 0 Å². The van der Waals surface area contributed by atoms with Crippen molar-refractivity contribution in [3.8, 4) is 0 Å². The van der Waals surface area contributed by atoms with Crippen LogP contribution in [0.15, 0.2) is 34.7 Å². The molecule has 0 unspecified atom stereocenters. The molecular formula is C7H7ClN2O2. The van der Waals surface area contributed by atoms with Crippen molar-refractivity contribution < 1.29 is 4.92 Å². The first-order chi connectivity index (χ1) is 5.61. The minimum atomic E-state index is -0.494. The minimum Gasteiger partial charge on any atom is -0.393 e. The summed E-state index contributed by atoms with van der Waals surface area (Å²) in [7, 11) is 0. The molecule has 0 spiro atoms. The van der Waals surface area contributed by atoms with Crippen molar-refractivity contribution in [3.05, 3.63) is 44.8 Å². The minimum absolute atomic E-state index is 0.0121. The zero-order valence-electron chi connectivity index (χ0n) is 6.16. The van der Waals surface area contributed by atoms with Crippen molar-refractivity contribution in [3.63, 3.8) is 0 Å². The van der Waals surface area contributed by atoms with E-state index in [1.165, 1.54) is 6.08 Å². The quantitative estimate of drug-likeness (QED) is 0.499. The number of hydrogen-bond donors (Lipinski definition) is 1. The van der Waals surface area contributed by atoms with Crippen LogP contribution in [0.4, 0.5) is 0 Å². The van der Waals surface area contributed by atoms with Crippen LogP contribution in [0.25, 0.3) is 0 Å². The van der Waals surface area contributed by atoms with Crippen molar-refractivity contribution in [2.75, 3.05) is 0 Å². The van der Waals surface area contributed by atoms with Gasteiger partial charge in [-0.3, -0.25) is 10.1 Å². The van der Waals surface area contributed by atoms with E-state index < -0.39 is 4.92 Å². The molecule has 0 aliphatic heterocycles. The fraction of sp³-hybridized carbons (Fsp3) is 0.143. The predicted octanol–water partition coefficient (Wildman–Crippen LogP) is 1.52. The van der Waals surface area contributed by atoms with Gasteiger partial charge in [0, 0.05) is 5.03 Å². The van der Waals surface area contributed by atoms with E-state index in [1.54, 1.807) is 12.2 Å². The number of nitrogens with zero attached hydrogens (tertiary/aromatic N) is 1. The molecular weight excluding hydrogens is 180 g/mol. The van der Waals surface area contributed by atoms with Gasteiger partial charge in [0.15, 0.2) is 0 Å². The van der Waals surface area contributed by atoms with Crippen molar-refractivity contribution in [1.82, 2.24) is 0 Å². The summed E-state index contributed by atoms with van der Waals surface area (Å²) in [6.45, 7) is 0. The summed E-state index contributed by atoms with van der Waals surface area (Å²) in [6, 6.07) is 0. The molecule has 2 N–H and O–H groups in total. The molecule has 12 heavy (non-hydrogen) atoms. The van der Waals surface area contributed by atoms with Gasteiger partial charge in [0.05, 0.1) is 11.3 Å². The van der Waals surface area contributed by atoms with Gasteiger partial charge in [0.2, 0.25) is 0 Å². The van der Waals surface area contributed by atoms with Crippen LogP contribution in [-0.2, 0) is 0 Å². The monoisotopic (exact) mass is 186 g/mol. The summed E-state index contributed by atoms with van der Waals surface area (Å²) < 4.78 is 0. The van der Waals surface area contributed by atoms with Crippen LogP contribution < -0.4 is 5.73 Å². The molecule has 5 heteroatoms. The van der Waals surface area contributed by atoms with Crippen LogP contribution in [0, 0.1) is 10.1 Å². The van der Waals surface area contributed by atoms with Crippen LogP contribution in [-0.4, -0.2) is 4.92 Å². The van der Waals surface area contributed by atoms with Crippen LogP contribution in [0.5, 0.6) is 0 Å². The highest BCUT2D eigenvalue weighted by molar-refractivity contribution is 6.31. The summed E-state index contributed by atoms with van der Waals surface area (Å²) in [5, 5.41) is 10.8. The fourth-order valence-electron chi connectivity index (χ4n) is 0.861. The lowest BCUT2D eigenvalue weighted by atomic mass is 10.3. The Morgan fingerprint density at radius 2 is 2.33 bits per heavy atom. The van der Waals surface area contributed by atoms with Crippen molar-refractivity contribution in [1.29, 1.82) is 0 Å². The highest BCUT2D eigenvalue weighted by Gasteiger charge is 2.14. The molecule has 64 valence electrons. The molecule has 0 radical (unpaired) electrons. The zero-order valence-corrected chi connectivity index (χ0v) is 6.91. The fourth-order valence-corrected chi connectivity index (χ4v) is 1.07. The van der Waals surface area contributed by atoms with E-state index in [0.29, 0.717) is 5.03 Å². The van der Waals surface area contributed by atoms with Gasteiger partial charge < -0.3 is 5.73 Å². The molecule has 0 aromatic rings. The third kappa shape index (κ3) is 1.85. The van der Waals surface area contributed by atoms with Gasteiger partial charge in [0.25, 0.3) is 5.70 Å². The first-order valence-electron chi connectivity index (χ1n) is 3.28. The van der Waals surface area contributed by atoms with Gasteiger partial charge in [-0.1, -0.05) is 17.7 Å². The second kappa shape index (κ2) is 3.40. The Bertz CT molecular complexity index is 305. The molecule has 4 nitrogen and oxygen atoms in total. The maximum absolute atomic E-state index is 10.4. The Kier molecular flexibility index (Phi) is 2.50. The molecule has 0 atom stereocenters. The molecule has 0 amide bonds. The summed E-state index contributed by atoms with van der Waals surface area (Å²) in [5.74, 6) is 0. The SMILES string of the molecule is NC1=C([N+](=O)[O-])CC=CC(Cl)=C1. The smallest absolute Gasteiger partial charge is 0.272 e. The number of nitrogens with two attached hydrogens (primary N) is 1. The molecule has 0 aromatic carbocycles. The first kappa shape index (κ1) is 8.80. The second-order valence-electron chi connectivity index (χ2n) is 2.29. The summed E-state index contributed by atoms with van der Waals surface area (Å²) in [4.78, 5) is 9.89. The maximum atomic E-state index is 10.4. The highest BCUT2D eigenvalue weighted by Crippen LogP contribution is 2.16. The zero-order chi connectivity index (χ0) is 9.14. The molecule has 0 saturated heterocycles. The van der Waals surface area contributed by atoms with E-state index in [9.17, 15) is 10.1 Å². The van der Waals surface area contributed by atoms with Crippen LogP contribution >= 0.6 is 11.6 Å². The second-order valence-corrected chi connectivity index (χ2v) is 2.73. The van der Waals surface area contributed by atoms with Gasteiger partial charge in [-0.15, -0.1) is 0 Å². The molecule has 1 aliphatic carbocycles. The van der Waals surface area contributed by atoms with Crippen molar-refractivity contribution >= 4 is 11.6 Å². The first-order valence-corrected chi connectivity index (χ1v) is 3.66. The van der Waals surface area contributed by atoms with Crippen LogP contribution in [0.1, 0.15) is 6.42 Å². The molecule has 0 saturated carbocycles. The predicted molar refractivity (Wildman–Crippen MR) is 45.9 cm³/mol. The van der Waals surface area contributed by atoms with Crippen molar-refractivity contribution in [2.24, 2.45) is 5.73 Å². The van der Waals surface area contributed by atoms with Gasteiger partial charge >= 0.3 is 0 Å². The number of nitro groups is 1. The number of hydrogen-bond acceptors (Lipinski definition) is 3. The summed E-state index contributed by atoms with van der Waals surface area (Å²) >= 11 is 5.62. The molecule has 0 bridgehead atoms. The van der Waals surface area contributed by atoms with E-state index in [2.05, 4.69) is 0 Å². The third-order valence-electron chi connectivity index (χ3n) is 1.44. The molecule has 1 rings (SSSR count). The number of rotatable bonds is 1. The van der Waals surface area contributed by atoms with Gasteiger partial charge in [-0.05, 0) is 12.2 Å². The van der Waals surface area contributed by atoms with E-state index in [0.717, 1.165) is 0 Å². The Balaban J connectivity index is 3.07. The van der Waals surface area contributed by atoms with Gasteiger partial charge in [-0.2, -0.15) is 0 Å². The Labute approximate surface area is 74.2 Å². The summed E-state index contributed by atoms with van der Waals surface area (Å²) in [5.41, 5.74) is 5.52. The normalized spacial score (nSPS) is 17.2. The van der Waals surface area contributed by atoms with E-state index in [4.69, 9.17) is 17.3 Å². The van der Waals surface area contributed by atoms with Gasteiger partial charge in [0.1, 0.15) is 5.70 Å². The van der Waals surface area contributed by atoms with E-state index in [1.807, 2.05) is 0 Å². The van der Waals surface area contributed by atoms with E-state index in [-0.39, 0.29) is 17.8 Å². The topological polar surface area (TPSA) is 69.2 Å².